The second-order valence-electron chi connectivity index (χ2n) is 5.98. The van der Waals surface area contributed by atoms with Crippen LogP contribution in [-0.4, -0.2) is 11.1 Å². The summed E-state index contributed by atoms with van der Waals surface area (Å²) in [5, 5.41) is 15.5. The van der Waals surface area contributed by atoms with Crippen LogP contribution >= 0.6 is 0 Å². The fourth-order valence-electron chi connectivity index (χ4n) is 2.44. The summed E-state index contributed by atoms with van der Waals surface area (Å²) in [7, 11) is 0. The molecule has 25 heavy (non-hydrogen) atoms. The summed E-state index contributed by atoms with van der Waals surface area (Å²) < 4.78 is 5.89. The lowest BCUT2D eigenvalue weighted by molar-refractivity contribution is -0.672. The predicted octanol–water partition coefficient (Wildman–Crippen LogP) is 3.04. The van der Waals surface area contributed by atoms with Crippen molar-refractivity contribution in [3.05, 3.63) is 77.5 Å². The Hall–Kier alpha value is -3.21. The van der Waals surface area contributed by atoms with E-state index in [1.807, 2.05) is 30.3 Å². The van der Waals surface area contributed by atoms with Crippen LogP contribution in [0.25, 0.3) is 11.8 Å². The molecule has 0 N–H and O–H groups in total. The molecule has 3 aromatic rings. The van der Waals surface area contributed by atoms with E-state index in [0.717, 1.165) is 5.56 Å². The van der Waals surface area contributed by atoms with Gasteiger partial charge in [-0.2, -0.15) is 0 Å². The second-order valence-corrected chi connectivity index (χ2v) is 5.98. The lowest BCUT2D eigenvalue weighted by Gasteiger charge is -2.04. The number of carbonyl (C=O) groups is 1. The van der Waals surface area contributed by atoms with Crippen molar-refractivity contribution in [2.75, 3.05) is 0 Å². The minimum atomic E-state index is -0.756. The van der Waals surface area contributed by atoms with Crippen molar-refractivity contribution in [3.63, 3.8) is 0 Å². The van der Waals surface area contributed by atoms with E-state index >= 15 is 0 Å². The van der Waals surface area contributed by atoms with Crippen LogP contribution in [0.15, 0.2) is 65.2 Å². The van der Waals surface area contributed by atoms with Crippen LogP contribution in [0.5, 0.6) is 5.95 Å². The zero-order chi connectivity index (χ0) is 17.8. The van der Waals surface area contributed by atoms with E-state index in [1.165, 1.54) is 16.3 Å². The number of rotatable bonds is 5. The SMILES string of the molecule is CC(C)c1ccc(/C=C/C(=O)c2c([O-])on[n+]2-c2ccccc2)cc1. The van der Waals surface area contributed by atoms with Crippen LogP contribution in [0, 0.1) is 0 Å². The minimum Gasteiger partial charge on any atom is -0.539 e. The van der Waals surface area contributed by atoms with Crippen molar-refractivity contribution < 1.29 is 19.1 Å². The number of nitrogens with zero attached hydrogens (tertiary/aromatic N) is 2. The number of hydrogen-bond acceptors (Lipinski definition) is 4. The van der Waals surface area contributed by atoms with Gasteiger partial charge >= 0.3 is 5.69 Å². The molecule has 3 rings (SSSR count). The molecule has 1 aromatic heterocycles. The first-order chi connectivity index (χ1) is 12.1. The van der Waals surface area contributed by atoms with Crippen molar-refractivity contribution in [2.45, 2.75) is 19.8 Å². The summed E-state index contributed by atoms with van der Waals surface area (Å²) in [6.45, 7) is 4.25. The molecule has 126 valence electrons. The molecule has 0 aliphatic heterocycles. The number of aromatic nitrogens is 2. The Labute approximate surface area is 145 Å². The summed E-state index contributed by atoms with van der Waals surface area (Å²) in [5.41, 5.74) is 2.58. The molecule has 0 aliphatic carbocycles. The largest absolute Gasteiger partial charge is 0.539 e. The monoisotopic (exact) mass is 334 g/mol. The average molecular weight is 334 g/mol. The Kier molecular flexibility index (Phi) is 4.75. The van der Waals surface area contributed by atoms with Crippen molar-refractivity contribution in [1.29, 1.82) is 0 Å². The molecule has 0 fully saturated rings. The maximum absolute atomic E-state index is 12.5. The summed E-state index contributed by atoms with van der Waals surface area (Å²) in [4.78, 5) is 12.5. The van der Waals surface area contributed by atoms with Gasteiger partial charge in [0.25, 0.3) is 5.78 Å². The van der Waals surface area contributed by atoms with Crippen molar-refractivity contribution in [2.24, 2.45) is 0 Å². The topological polar surface area (TPSA) is 70.0 Å². The molecule has 0 saturated carbocycles. The zero-order valence-corrected chi connectivity index (χ0v) is 14.0. The van der Waals surface area contributed by atoms with Gasteiger partial charge in [0.2, 0.25) is 5.69 Å². The van der Waals surface area contributed by atoms with E-state index in [1.54, 1.807) is 30.3 Å². The van der Waals surface area contributed by atoms with Crippen LogP contribution < -0.4 is 9.79 Å². The highest BCUT2D eigenvalue weighted by molar-refractivity contribution is 6.05. The van der Waals surface area contributed by atoms with E-state index < -0.39 is 11.7 Å². The first-order valence-electron chi connectivity index (χ1n) is 8.03. The molecular formula is C20H18N2O3. The third-order valence-corrected chi connectivity index (χ3v) is 3.87. The third-order valence-electron chi connectivity index (χ3n) is 3.87. The summed E-state index contributed by atoms with van der Waals surface area (Å²) in [5.74, 6) is -0.763. The summed E-state index contributed by atoms with van der Waals surface area (Å²) in [6, 6.07) is 16.8. The lowest BCUT2D eigenvalue weighted by Crippen LogP contribution is -2.38. The predicted molar refractivity (Wildman–Crippen MR) is 91.4 cm³/mol. The van der Waals surface area contributed by atoms with Gasteiger partial charge in [-0.05, 0) is 27.8 Å². The average Bonchev–Trinajstić information content (AvgIpc) is 3.02. The van der Waals surface area contributed by atoms with Crippen molar-refractivity contribution in [3.8, 4) is 11.6 Å². The molecule has 0 amide bonds. The molecule has 0 aliphatic rings. The molecular weight excluding hydrogens is 316 g/mol. The number of carbonyl (C=O) groups excluding carboxylic acids is 1. The zero-order valence-electron chi connectivity index (χ0n) is 14.0. The quantitative estimate of drug-likeness (QED) is 0.408. The van der Waals surface area contributed by atoms with Gasteiger partial charge in [-0.15, -0.1) is 0 Å². The van der Waals surface area contributed by atoms with Crippen LogP contribution in [-0.2, 0) is 0 Å². The Morgan fingerprint density at radius 3 is 2.44 bits per heavy atom. The minimum absolute atomic E-state index is 0.124. The van der Waals surface area contributed by atoms with Crippen molar-refractivity contribution >= 4 is 11.9 Å². The van der Waals surface area contributed by atoms with Crippen LogP contribution in [0.1, 0.15) is 41.4 Å². The van der Waals surface area contributed by atoms with Gasteiger partial charge in [0.05, 0.1) is 5.27 Å². The molecule has 5 nitrogen and oxygen atoms in total. The lowest BCUT2D eigenvalue weighted by atomic mass is 10.0. The summed E-state index contributed by atoms with van der Waals surface area (Å²) in [6.07, 6.45) is 3.03. The van der Waals surface area contributed by atoms with Gasteiger partial charge in [-0.1, -0.05) is 62.4 Å². The van der Waals surface area contributed by atoms with E-state index in [2.05, 4.69) is 23.6 Å². The van der Waals surface area contributed by atoms with E-state index in [9.17, 15) is 9.90 Å². The number of hydrogen-bond donors (Lipinski definition) is 0. The molecule has 0 spiro atoms. The molecule has 2 aromatic carbocycles. The first kappa shape index (κ1) is 16.6. The molecule has 0 radical (unpaired) electrons. The second kappa shape index (κ2) is 7.13. The number of para-hydroxylation sites is 1. The van der Waals surface area contributed by atoms with E-state index in [4.69, 9.17) is 0 Å². The van der Waals surface area contributed by atoms with E-state index in [-0.39, 0.29) is 5.69 Å². The molecule has 0 bridgehead atoms. The molecule has 0 saturated heterocycles. The molecule has 1 heterocycles. The number of benzene rings is 2. The van der Waals surface area contributed by atoms with Gasteiger partial charge in [-0.3, -0.25) is 4.79 Å². The highest BCUT2D eigenvalue weighted by Crippen LogP contribution is 2.16. The molecule has 5 heteroatoms. The number of ketones is 1. The fourth-order valence-corrected chi connectivity index (χ4v) is 2.44. The van der Waals surface area contributed by atoms with Crippen LogP contribution in [0.3, 0.4) is 0 Å². The first-order valence-corrected chi connectivity index (χ1v) is 8.03. The number of allylic oxidation sites excluding steroid dienone is 1. The summed E-state index contributed by atoms with van der Waals surface area (Å²) >= 11 is 0. The van der Waals surface area contributed by atoms with Gasteiger partial charge in [0, 0.05) is 12.1 Å². The van der Waals surface area contributed by atoms with E-state index in [0.29, 0.717) is 11.6 Å². The van der Waals surface area contributed by atoms with Gasteiger partial charge in [0.1, 0.15) is 0 Å². The third kappa shape index (κ3) is 3.66. The maximum atomic E-state index is 12.5. The highest BCUT2D eigenvalue weighted by Gasteiger charge is 2.25. The highest BCUT2D eigenvalue weighted by atomic mass is 16.6. The molecule has 0 atom stereocenters. The van der Waals surface area contributed by atoms with Crippen LogP contribution in [0.2, 0.25) is 0 Å². The normalized spacial score (nSPS) is 11.3. The standard InChI is InChI=1S/C20H18N2O3/c1-14(2)16-11-8-15(9-12-16)10-13-18(23)19-20(24)25-21-22(19)17-6-4-3-5-7-17/h3-14H,1-2H3/b13-10+. The molecule has 0 unspecified atom stereocenters. The van der Waals surface area contributed by atoms with Crippen LogP contribution in [0.4, 0.5) is 0 Å². The smallest absolute Gasteiger partial charge is 0.310 e. The van der Waals surface area contributed by atoms with Gasteiger partial charge in [-0.25, -0.2) is 0 Å². The van der Waals surface area contributed by atoms with Gasteiger partial charge in [0.15, 0.2) is 5.95 Å². The van der Waals surface area contributed by atoms with Gasteiger partial charge < -0.3 is 9.63 Å². The fraction of sp³-hybridized carbons (Fsp3) is 0.150. The Morgan fingerprint density at radius 1 is 1.12 bits per heavy atom. The Bertz CT molecular complexity index is 894. The Balaban J connectivity index is 1.85. The Morgan fingerprint density at radius 2 is 1.80 bits per heavy atom. The van der Waals surface area contributed by atoms with Crippen molar-refractivity contribution in [1.82, 2.24) is 5.27 Å². The maximum Gasteiger partial charge on any atom is 0.310 e.